The highest BCUT2D eigenvalue weighted by molar-refractivity contribution is 5.36. The van der Waals surface area contributed by atoms with E-state index in [1.807, 2.05) is 13.0 Å². The maximum atomic E-state index is 5.60. The van der Waals surface area contributed by atoms with Gasteiger partial charge < -0.3 is 5.73 Å². The summed E-state index contributed by atoms with van der Waals surface area (Å²) in [6.07, 6.45) is 11.7. The molecule has 1 heteroatoms. The van der Waals surface area contributed by atoms with Gasteiger partial charge in [0.05, 0.1) is 0 Å². The minimum atomic E-state index is 0.509. The molecule has 1 aliphatic rings. The van der Waals surface area contributed by atoms with Crippen molar-refractivity contribution in [3.05, 3.63) is 48.1 Å². The van der Waals surface area contributed by atoms with E-state index in [1.54, 1.807) is 0 Å². The SMILES string of the molecule is C=C(C)/C=C/C1=CC(CN)CC=C1. The van der Waals surface area contributed by atoms with E-state index in [0.717, 1.165) is 18.5 Å². The van der Waals surface area contributed by atoms with Crippen molar-refractivity contribution in [1.29, 1.82) is 0 Å². The highest BCUT2D eigenvalue weighted by Crippen LogP contribution is 2.16. The lowest BCUT2D eigenvalue weighted by molar-refractivity contribution is 0.666. The molecule has 0 saturated carbocycles. The van der Waals surface area contributed by atoms with Gasteiger partial charge >= 0.3 is 0 Å². The van der Waals surface area contributed by atoms with Crippen molar-refractivity contribution in [2.45, 2.75) is 13.3 Å². The second-order valence-corrected chi connectivity index (χ2v) is 3.48. The van der Waals surface area contributed by atoms with E-state index in [4.69, 9.17) is 5.73 Å². The second kappa shape index (κ2) is 4.83. The van der Waals surface area contributed by atoms with Gasteiger partial charge in [-0.2, -0.15) is 0 Å². The third kappa shape index (κ3) is 3.43. The molecule has 0 fully saturated rings. The fourth-order valence-corrected chi connectivity index (χ4v) is 1.29. The molecule has 0 radical (unpaired) electrons. The molecule has 0 saturated heterocycles. The van der Waals surface area contributed by atoms with Crippen LogP contribution in [0.2, 0.25) is 0 Å². The van der Waals surface area contributed by atoms with Crippen LogP contribution in [0.4, 0.5) is 0 Å². The van der Waals surface area contributed by atoms with Gasteiger partial charge in [-0.25, -0.2) is 0 Å². The molecule has 1 nitrogen and oxygen atoms in total. The maximum absolute atomic E-state index is 5.60. The molecule has 1 unspecified atom stereocenters. The van der Waals surface area contributed by atoms with Crippen LogP contribution in [-0.4, -0.2) is 6.54 Å². The van der Waals surface area contributed by atoms with Gasteiger partial charge in [0.2, 0.25) is 0 Å². The lowest BCUT2D eigenvalue weighted by Gasteiger charge is -2.12. The molecule has 2 N–H and O–H groups in total. The molecule has 0 spiro atoms. The molecule has 0 aromatic rings. The lowest BCUT2D eigenvalue weighted by Crippen LogP contribution is -2.13. The predicted molar refractivity (Wildman–Crippen MR) is 58.3 cm³/mol. The van der Waals surface area contributed by atoms with E-state index < -0.39 is 0 Å². The quantitative estimate of drug-likeness (QED) is 0.655. The molecule has 1 rings (SSSR count). The van der Waals surface area contributed by atoms with Crippen molar-refractivity contribution in [2.75, 3.05) is 6.54 Å². The van der Waals surface area contributed by atoms with Crippen LogP contribution in [0.3, 0.4) is 0 Å². The van der Waals surface area contributed by atoms with E-state index in [1.165, 1.54) is 5.57 Å². The third-order valence-electron chi connectivity index (χ3n) is 2.04. The zero-order chi connectivity index (χ0) is 9.68. The standard InChI is InChI=1S/C12H17N/c1-10(2)6-7-11-4-3-5-12(8-11)9-13/h3-4,6-8,12H,1,5,9,13H2,2H3/b7-6+. The van der Waals surface area contributed by atoms with Gasteiger partial charge in [-0.3, -0.25) is 0 Å². The zero-order valence-corrected chi connectivity index (χ0v) is 8.16. The number of allylic oxidation sites excluding steroid dienone is 6. The molecular weight excluding hydrogens is 158 g/mol. The monoisotopic (exact) mass is 175 g/mol. The van der Waals surface area contributed by atoms with Gasteiger partial charge in [-0.15, -0.1) is 0 Å². The van der Waals surface area contributed by atoms with Crippen LogP contribution in [-0.2, 0) is 0 Å². The van der Waals surface area contributed by atoms with E-state index in [0.29, 0.717) is 5.92 Å². The Balaban J connectivity index is 2.63. The fraction of sp³-hybridized carbons (Fsp3) is 0.333. The summed E-state index contributed by atoms with van der Waals surface area (Å²) in [5, 5.41) is 0. The minimum Gasteiger partial charge on any atom is -0.330 e. The van der Waals surface area contributed by atoms with Crippen LogP contribution < -0.4 is 5.73 Å². The van der Waals surface area contributed by atoms with Crippen molar-refractivity contribution in [3.8, 4) is 0 Å². The summed E-state index contributed by atoms with van der Waals surface area (Å²) >= 11 is 0. The molecule has 13 heavy (non-hydrogen) atoms. The molecule has 0 heterocycles. The first kappa shape index (κ1) is 10.0. The van der Waals surface area contributed by atoms with Crippen molar-refractivity contribution in [1.82, 2.24) is 0 Å². The smallest absolute Gasteiger partial charge is 0.00109 e. The minimum absolute atomic E-state index is 0.509. The van der Waals surface area contributed by atoms with E-state index in [9.17, 15) is 0 Å². The van der Waals surface area contributed by atoms with Gasteiger partial charge in [0.25, 0.3) is 0 Å². The van der Waals surface area contributed by atoms with Crippen LogP contribution in [0, 0.1) is 5.92 Å². The van der Waals surface area contributed by atoms with Crippen molar-refractivity contribution in [2.24, 2.45) is 11.7 Å². The topological polar surface area (TPSA) is 26.0 Å². The van der Waals surface area contributed by atoms with Crippen LogP contribution in [0.25, 0.3) is 0 Å². The summed E-state index contributed by atoms with van der Waals surface area (Å²) < 4.78 is 0. The number of hydrogen-bond donors (Lipinski definition) is 1. The fourth-order valence-electron chi connectivity index (χ4n) is 1.29. The van der Waals surface area contributed by atoms with E-state index >= 15 is 0 Å². The number of rotatable bonds is 3. The Morgan fingerprint density at radius 2 is 2.54 bits per heavy atom. The molecule has 0 aromatic carbocycles. The van der Waals surface area contributed by atoms with Crippen LogP contribution >= 0.6 is 0 Å². The Bertz CT molecular complexity index is 269. The van der Waals surface area contributed by atoms with Gasteiger partial charge in [0, 0.05) is 0 Å². The molecule has 0 aromatic heterocycles. The summed E-state index contributed by atoms with van der Waals surface area (Å²) in [7, 11) is 0. The first-order valence-corrected chi connectivity index (χ1v) is 4.64. The number of hydrogen-bond acceptors (Lipinski definition) is 1. The maximum Gasteiger partial charge on any atom is -0.00109 e. The Morgan fingerprint density at radius 1 is 1.77 bits per heavy atom. The lowest BCUT2D eigenvalue weighted by atomic mass is 9.96. The average Bonchev–Trinajstić information content (AvgIpc) is 2.15. The van der Waals surface area contributed by atoms with Crippen LogP contribution in [0.15, 0.2) is 48.1 Å². The predicted octanol–water partition coefficient (Wildman–Crippen LogP) is 2.58. The molecule has 1 atom stereocenters. The van der Waals surface area contributed by atoms with E-state index in [-0.39, 0.29) is 0 Å². The largest absolute Gasteiger partial charge is 0.330 e. The number of nitrogens with two attached hydrogens (primary N) is 1. The first-order valence-electron chi connectivity index (χ1n) is 4.64. The van der Waals surface area contributed by atoms with Crippen LogP contribution in [0.1, 0.15) is 13.3 Å². The first-order chi connectivity index (χ1) is 6.22. The van der Waals surface area contributed by atoms with Crippen LogP contribution in [0.5, 0.6) is 0 Å². The van der Waals surface area contributed by atoms with E-state index in [2.05, 4.69) is 30.9 Å². The van der Waals surface area contributed by atoms with Gasteiger partial charge in [-0.1, -0.05) is 42.5 Å². The molecule has 0 bridgehead atoms. The van der Waals surface area contributed by atoms with Crippen molar-refractivity contribution >= 4 is 0 Å². The van der Waals surface area contributed by atoms with Gasteiger partial charge in [0.1, 0.15) is 0 Å². The Hall–Kier alpha value is -1.08. The van der Waals surface area contributed by atoms with Gasteiger partial charge in [0.15, 0.2) is 0 Å². The summed E-state index contributed by atoms with van der Waals surface area (Å²) in [4.78, 5) is 0. The third-order valence-corrected chi connectivity index (χ3v) is 2.04. The normalized spacial score (nSPS) is 22.0. The van der Waals surface area contributed by atoms with Crippen molar-refractivity contribution < 1.29 is 0 Å². The second-order valence-electron chi connectivity index (χ2n) is 3.48. The van der Waals surface area contributed by atoms with Crippen molar-refractivity contribution in [3.63, 3.8) is 0 Å². The average molecular weight is 175 g/mol. The van der Waals surface area contributed by atoms with Gasteiger partial charge in [-0.05, 0) is 31.4 Å². The Kier molecular flexibility index (Phi) is 3.71. The highest BCUT2D eigenvalue weighted by atomic mass is 14.5. The summed E-state index contributed by atoms with van der Waals surface area (Å²) in [5.74, 6) is 0.509. The Morgan fingerprint density at radius 3 is 3.15 bits per heavy atom. The summed E-state index contributed by atoms with van der Waals surface area (Å²) in [6.45, 7) is 6.54. The summed E-state index contributed by atoms with van der Waals surface area (Å²) in [5.41, 5.74) is 7.92. The summed E-state index contributed by atoms with van der Waals surface area (Å²) in [6, 6.07) is 0. The molecule has 0 aliphatic heterocycles. The zero-order valence-electron chi connectivity index (χ0n) is 8.16. The molecule has 1 aliphatic carbocycles. The Labute approximate surface area is 80.3 Å². The highest BCUT2D eigenvalue weighted by Gasteiger charge is 2.04. The molecule has 0 amide bonds. The molecular formula is C12H17N. The molecule has 70 valence electrons.